The number of aryl methyl sites for hydroxylation is 1. The van der Waals surface area contributed by atoms with E-state index in [1.165, 1.54) is 5.56 Å². The maximum atomic E-state index is 6.03. The van der Waals surface area contributed by atoms with Gasteiger partial charge in [0.2, 0.25) is 0 Å². The zero-order valence-electron chi connectivity index (χ0n) is 11.3. The predicted molar refractivity (Wildman–Crippen MR) is 78.6 cm³/mol. The predicted octanol–water partition coefficient (Wildman–Crippen LogP) is 2.97. The first-order valence-corrected chi connectivity index (χ1v) is 6.76. The third-order valence-electron chi connectivity index (χ3n) is 2.47. The molecule has 0 aliphatic carbocycles. The lowest BCUT2D eigenvalue weighted by Crippen LogP contribution is -2.20. The van der Waals surface area contributed by atoms with E-state index in [1.807, 2.05) is 16.9 Å². The molecule has 0 fully saturated rings. The van der Waals surface area contributed by atoms with E-state index in [2.05, 4.69) is 44.8 Å². The van der Waals surface area contributed by atoms with Crippen LogP contribution in [0.15, 0.2) is 24.7 Å². The summed E-state index contributed by atoms with van der Waals surface area (Å²) in [4.78, 5) is 4.43. The van der Waals surface area contributed by atoms with Gasteiger partial charge in [-0.3, -0.25) is 4.22 Å². The maximum Gasteiger partial charge on any atom is 0.200 e. The Morgan fingerprint density at radius 1 is 1.44 bits per heavy atom. The molecule has 2 heterocycles. The largest absolute Gasteiger partial charge is 0.306 e. The van der Waals surface area contributed by atoms with Crippen LogP contribution in [0.5, 0.6) is 0 Å². The van der Waals surface area contributed by atoms with E-state index in [0.29, 0.717) is 6.54 Å². The molecule has 0 spiro atoms. The van der Waals surface area contributed by atoms with Crippen molar-refractivity contribution in [3.8, 4) is 0 Å². The Hall–Kier alpha value is -0.935. The van der Waals surface area contributed by atoms with Crippen LogP contribution in [0.25, 0.3) is 5.52 Å². The van der Waals surface area contributed by atoms with Crippen LogP contribution in [0.2, 0.25) is 0 Å². The van der Waals surface area contributed by atoms with Crippen molar-refractivity contribution >= 4 is 25.4 Å². The van der Waals surface area contributed by atoms with Gasteiger partial charge in [-0.05, 0) is 45.4 Å². The van der Waals surface area contributed by atoms with Gasteiger partial charge >= 0.3 is 0 Å². The fraction of sp³-hybridized carbons (Fsp3) is 0.462. The molecule has 0 aliphatic heterocycles. The van der Waals surface area contributed by atoms with Gasteiger partial charge in [0, 0.05) is 17.5 Å². The van der Waals surface area contributed by atoms with Gasteiger partial charge in [0.1, 0.15) is 0 Å². The molecule has 0 saturated heterocycles. The summed E-state index contributed by atoms with van der Waals surface area (Å²) in [5.41, 5.74) is 3.37. The molecule has 0 aromatic carbocycles. The smallest absolute Gasteiger partial charge is 0.200 e. The van der Waals surface area contributed by atoms with E-state index >= 15 is 0 Å². The number of aromatic nitrogens is 2. The molecule has 2 aromatic rings. The first-order valence-electron chi connectivity index (χ1n) is 5.99. The topological polar surface area (TPSA) is 20.5 Å². The van der Waals surface area contributed by atoms with Gasteiger partial charge in [0.15, 0.2) is 7.98 Å². The van der Waals surface area contributed by atoms with Gasteiger partial charge in [-0.15, -0.1) is 0 Å². The van der Waals surface area contributed by atoms with Crippen molar-refractivity contribution in [3.63, 3.8) is 0 Å². The lowest BCUT2D eigenvalue weighted by Gasteiger charge is -2.25. The van der Waals surface area contributed by atoms with Crippen LogP contribution in [0.4, 0.5) is 0 Å². The second-order valence-corrected chi connectivity index (χ2v) is 7.34. The van der Waals surface area contributed by atoms with Gasteiger partial charge < -0.3 is 4.40 Å². The lowest BCUT2D eigenvalue weighted by atomic mass is 10.2. The van der Waals surface area contributed by atoms with Crippen molar-refractivity contribution < 1.29 is 0 Å². The van der Waals surface area contributed by atoms with Gasteiger partial charge in [-0.25, -0.2) is 4.98 Å². The van der Waals surface area contributed by atoms with E-state index < -0.39 is 0 Å². The molecule has 2 aromatic heterocycles. The number of hydrogen-bond acceptors (Lipinski definition) is 3. The van der Waals surface area contributed by atoms with Crippen molar-refractivity contribution in [1.29, 1.82) is 0 Å². The van der Waals surface area contributed by atoms with E-state index in [0.717, 1.165) is 11.2 Å². The van der Waals surface area contributed by atoms with Gasteiger partial charge in [0.05, 0.1) is 17.5 Å². The van der Waals surface area contributed by atoms with Crippen molar-refractivity contribution in [2.24, 2.45) is 0 Å². The normalized spacial score (nSPS) is 12.5. The fourth-order valence-electron chi connectivity index (χ4n) is 1.80. The summed E-state index contributed by atoms with van der Waals surface area (Å²) in [5.74, 6) is 0. The zero-order valence-corrected chi connectivity index (χ0v) is 12.2. The van der Waals surface area contributed by atoms with Crippen LogP contribution >= 0.6 is 11.9 Å². The molecular weight excluding hydrogens is 241 g/mol. The molecule has 18 heavy (non-hydrogen) atoms. The van der Waals surface area contributed by atoms with Crippen LogP contribution in [0.3, 0.4) is 0 Å². The quantitative estimate of drug-likeness (QED) is 0.624. The van der Waals surface area contributed by atoms with Gasteiger partial charge in [0.25, 0.3) is 0 Å². The zero-order chi connectivity index (χ0) is 13.3. The number of nitrogens with zero attached hydrogens (tertiary/aromatic N) is 3. The van der Waals surface area contributed by atoms with Crippen LogP contribution in [-0.2, 0) is 6.54 Å². The highest BCUT2D eigenvalue weighted by atomic mass is 32.2. The summed E-state index contributed by atoms with van der Waals surface area (Å²) in [6.45, 7) is 9.16. The maximum absolute atomic E-state index is 6.03. The van der Waals surface area contributed by atoms with Crippen LogP contribution in [-0.4, -0.2) is 26.3 Å². The van der Waals surface area contributed by atoms with Crippen LogP contribution < -0.4 is 0 Å². The monoisotopic (exact) mass is 259 g/mol. The third kappa shape index (κ3) is 3.30. The van der Waals surface area contributed by atoms with E-state index in [-0.39, 0.29) is 4.75 Å². The highest BCUT2D eigenvalue weighted by Crippen LogP contribution is 2.27. The van der Waals surface area contributed by atoms with Crippen LogP contribution in [0.1, 0.15) is 32.0 Å². The van der Waals surface area contributed by atoms with Gasteiger partial charge in [-0.1, -0.05) is 11.9 Å². The second-order valence-electron chi connectivity index (χ2n) is 5.47. The fourth-order valence-corrected chi connectivity index (χ4v) is 2.69. The van der Waals surface area contributed by atoms with E-state index in [9.17, 15) is 0 Å². The molecule has 0 atom stereocenters. The minimum atomic E-state index is 0.111. The first-order chi connectivity index (χ1) is 8.35. The summed E-state index contributed by atoms with van der Waals surface area (Å²) in [6.07, 6.45) is 3.86. The summed E-state index contributed by atoms with van der Waals surface area (Å²) < 4.78 is 3.89. The molecule has 2 rings (SSSR count). The Bertz CT molecular complexity index is 545. The average molecular weight is 259 g/mol. The summed E-state index contributed by atoms with van der Waals surface area (Å²) in [6, 6.07) is 4.21. The summed E-state index contributed by atoms with van der Waals surface area (Å²) >= 11 is 1.63. The third-order valence-corrected chi connectivity index (χ3v) is 3.38. The molecule has 0 saturated carbocycles. The first kappa shape index (κ1) is 13.5. The summed E-state index contributed by atoms with van der Waals surface area (Å²) in [7, 11) is 6.03. The SMILES string of the molecule is [B]N(Cc1ncn2ccc(C)cc12)SC(C)(C)C. The average Bonchev–Trinajstić information content (AvgIpc) is 2.58. The number of fused-ring (bicyclic) bond motifs is 1. The van der Waals surface area contributed by atoms with Crippen molar-refractivity contribution in [2.75, 3.05) is 0 Å². The Kier molecular flexibility index (Phi) is 3.73. The van der Waals surface area contributed by atoms with Crippen molar-refractivity contribution in [2.45, 2.75) is 39.0 Å². The van der Waals surface area contributed by atoms with Crippen molar-refractivity contribution in [3.05, 3.63) is 35.9 Å². The minimum Gasteiger partial charge on any atom is -0.306 e. The molecule has 2 radical (unpaired) electrons. The second kappa shape index (κ2) is 4.98. The number of hydrogen-bond donors (Lipinski definition) is 0. The Balaban J connectivity index is 2.19. The molecule has 5 heteroatoms. The Morgan fingerprint density at radius 3 is 2.83 bits per heavy atom. The van der Waals surface area contributed by atoms with E-state index in [4.69, 9.17) is 7.98 Å². The molecule has 94 valence electrons. The molecule has 0 bridgehead atoms. The Morgan fingerprint density at radius 2 is 2.17 bits per heavy atom. The highest BCUT2D eigenvalue weighted by molar-refractivity contribution is 7.99. The molecule has 0 N–H and O–H groups in total. The van der Waals surface area contributed by atoms with Crippen molar-refractivity contribution in [1.82, 2.24) is 13.6 Å². The van der Waals surface area contributed by atoms with Gasteiger partial charge in [-0.2, -0.15) is 0 Å². The number of pyridine rings is 1. The van der Waals surface area contributed by atoms with Crippen LogP contribution in [0, 0.1) is 6.92 Å². The number of rotatable bonds is 3. The number of imidazole rings is 1. The lowest BCUT2D eigenvalue weighted by molar-refractivity contribution is 0.675. The molecule has 0 aliphatic rings. The highest BCUT2D eigenvalue weighted by Gasteiger charge is 2.15. The molecular formula is C13H18BN3S. The minimum absolute atomic E-state index is 0.111. The van der Waals surface area contributed by atoms with E-state index in [1.54, 1.807) is 16.2 Å². The Labute approximate surface area is 114 Å². The standard InChI is InChI=1S/C13H18BN3S/c1-10-5-6-16-9-15-11(12(16)7-10)8-17(14)18-13(2,3)4/h5-7,9H,8H2,1-4H3. The summed E-state index contributed by atoms with van der Waals surface area (Å²) in [5, 5.41) is 0. The molecule has 3 nitrogen and oxygen atoms in total. The molecule has 0 amide bonds. The molecule has 0 unspecified atom stereocenters.